The van der Waals surface area contributed by atoms with Gasteiger partial charge in [-0.2, -0.15) is 0 Å². The first-order valence-electron chi connectivity index (χ1n) is 6.77. The van der Waals surface area contributed by atoms with E-state index in [1.165, 1.54) is 19.1 Å². The first-order chi connectivity index (χ1) is 9.96. The Morgan fingerprint density at radius 3 is 2.38 bits per heavy atom. The molecule has 2 N–H and O–H groups in total. The van der Waals surface area contributed by atoms with Gasteiger partial charge in [-0.15, -0.1) is 0 Å². The van der Waals surface area contributed by atoms with Crippen LogP contribution < -0.4 is 5.32 Å². The van der Waals surface area contributed by atoms with Gasteiger partial charge in [0.2, 0.25) is 0 Å². The van der Waals surface area contributed by atoms with Gasteiger partial charge in [-0.1, -0.05) is 6.92 Å². The molecule has 0 fully saturated rings. The SMILES string of the molecule is CCC(CNC(=O)N(CCOC)CCC(=O)OC)C(=O)O. The standard InChI is InChI=1S/C13H24N2O6/c1-4-10(12(17)18)9-14-13(19)15(7-8-20-2)6-5-11(16)21-3/h10H,4-9H2,1-3H3,(H,14,19)(H,17,18). The predicted molar refractivity (Wildman–Crippen MR) is 74.9 cm³/mol. The minimum Gasteiger partial charge on any atom is -0.481 e. The minimum atomic E-state index is -0.948. The normalized spacial score (nSPS) is 11.6. The molecule has 1 atom stereocenters. The molecule has 0 aliphatic heterocycles. The van der Waals surface area contributed by atoms with Gasteiger partial charge in [0.05, 0.1) is 26.1 Å². The van der Waals surface area contributed by atoms with E-state index in [1.807, 2.05) is 0 Å². The van der Waals surface area contributed by atoms with Crippen LogP contribution in [0.15, 0.2) is 0 Å². The molecule has 8 nitrogen and oxygen atoms in total. The Balaban J connectivity index is 4.41. The molecule has 0 bridgehead atoms. The van der Waals surface area contributed by atoms with Gasteiger partial charge in [-0.05, 0) is 6.42 Å². The van der Waals surface area contributed by atoms with Crippen molar-refractivity contribution in [3.63, 3.8) is 0 Å². The van der Waals surface area contributed by atoms with E-state index in [0.29, 0.717) is 19.6 Å². The van der Waals surface area contributed by atoms with Gasteiger partial charge >= 0.3 is 18.0 Å². The zero-order valence-electron chi connectivity index (χ0n) is 12.8. The largest absolute Gasteiger partial charge is 0.481 e. The summed E-state index contributed by atoms with van der Waals surface area (Å²) in [5, 5.41) is 11.5. The maximum absolute atomic E-state index is 12.0. The van der Waals surface area contributed by atoms with E-state index in [2.05, 4.69) is 10.1 Å². The Morgan fingerprint density at radius 2 is 1.90 bits per heavy atom. The summed E-state index contributed by atoms with van der Waals surface area (Å²) in [5.41, 5.74) is 0. The fraction of sp³-hybridized carbons (Fsp3) is 0.769. The second-order valence-corrected chi connectivity index (χ2v) is 4.44. The van der Waals surface area contributed by atoms with Crippen molar-refractivity contribution in [3.05, 3.63) is 0 Å². The van der Waals surface area contributed by atoms with Crippen LogP contribution in [0.25, 0.3) is 0 Å². The fourth-order valence-corrected chi connectivity index (χ4v) is 1.57. The highest BCUT2D eigenvalue weighted by atomic mass is 16.5. The highest BCUT2D eigenvalue weighted by Gasteiger charge is 2.19. The Morgan fingerprint density at radius 1 is 1.24 bits per heavy atom. The third kappa shape index (κ3) is 8.13. The summed E-state index contributed by atoms with van der Waals surface area (Å²) >= 11 is 0. The molecule has 0 aromatic rings. The van der Waals surface area contributed by atoms with E-state index in [-0.39, 0.29) is 19.5 Å². The number of esters is 1. The number of hydrogen-bond donors (Lipinski definition) is 2. The molecule has 8 heteroatoms. The Kier molecular flexibility index (Phi) is 9.95. The van der Waals surface area contributed by atoms with Crippen molar-refractivity contribution in [1.29, 1.82) is 0 Å². The molecular formula is C13H24N2O6. The van der Waals surface area contributed by atoms with Crippen LogP contribution in [0.4, 0.5) is 4.79 Å². The molecular weight excluding hydrogens is 280 g/mol. The van der Waals surface area contributed by atoms with E-state index >= 15 is 0 Å². The molecule has 0 aromatic heterocycles. The molecule has 0 rings (SSSR count). The van der Waals surface area contributed by atoms with Crippen molar-refractivity contribution in [1.82, 2.24) is 10.2 Å². The Bertz CT molecular complexity index is 348. The molecule has 0 aliphatic rings. The lowest BCUT2D eigenvalue weighted by Crippen LogP contribution is -2.45. The van der Waals surface area contributed by atoms with Crippen LogP contribution in [0.3, 0.4) is 0 Å². The predicted octanol–water partition coefficient (Wildman–Crippen LogP) is 0.318. The number of aliphatic carboxylic acids is 1. The number of carboxylic acid groups (broad SMARTS) is 1. The van der Waals surface area contributed by atoms with E-state index in [9.17, 15) is 14.4 Å². The lowest BCUT2D eigenvalue weighted by atomic mass is 10.1. The summed E-state index contributed by atoms with van der Waals surface area (Å²) in [6, 6.07) is -0.421. The zero-order valence-corrected chi connectivity index (χ0v) is 12.8. The number of nitrogens with zero attached hydrogens (tertiary/aromatic N) is 1. The van der Waals surface area contributed by atoms with Crippen molar-refractivity contribution >= 4 is 18.0 Å². The molecule has 0 saturated carbocycles. The topological polar surface area (TPSA) is 105 Å². The fourth-order valence-electron chi connectivity index (χ4n) is 1.57. The molecule has 1 unspecified atom stereocenters. The average Bonchev–Trinajstić information content (AvgIpc) is 2.46. The second-order valence-electron chi connectivity index (χ2n) is 4.44. The lowest BCUT2D eigenvalue weighted by Gasteiger charge is -2.23. The van der Waals surface area contributed by atoms with Gasteiger partial charge in [0, 0.05) is 26.7 Å². The van der Waals surface area contributed by atoms with Gasteiger partial charge < -0.3 is 24.8 Å². The summed E-state index contributed by atoms with van der Waals surface area (Å²) in [6.45, 7) is 2.61. The van der Waals surface area contributed by atoms with Crippen molar-refractivity contribution in [3.8, 4) is 0 Å². The number of carbonyl (C=O) groups is 3. The van der Waals surface area contributed by atoms with Gasteiger partial charge in [0.25, 0.3) is 0 Å². The number of hydrogen-bond acceptors (Lipinski definition) is 5. The number of ether oxygens (including phenoxy) is 2. The number of methoxy groups -OCH3 is 2. The second kappa shape index (κ2) is 10.9. The molecule has 122 valence electrons. The van der Waals surface area contributed by atoms with Crippen molar-refractivity contribution in [2.45, 2.75) is 19.8 Å². The summed E-state index contributed by atoms with van der Waals surface area (Å²) in [6.07, 6.45) is 0.500. The Labute approximate surface area is 124 Å². The van der Waals surface area contributed by atoms with Crippen molar-refractivity contribution < 1.29 is 29.0 Å². The number of nitrogens with one attached hydrogen (secondary N) is 1. The van der Waals surface area contributed by atoms with Crippen LogP contribution in [-0.2, 0) is 19.1 Å². The highest BCUT2D eigenvalue weighted by Crippen LogP contribution is 2.02. The van der Waals surface area contributed by atoms with Crippen LogP contribution in [0, 0.1) is 5.92 Å². The molecule has 0 saturated heterocycles. The third-order valence-electron chi connectivity index (χ3n) is 3.01. The van der Waals surface area contributed by atoms with E-state index < -0.39 is 23.9 Å². The van der Waals surface area contributed by atoms with Gasteiger partial charge in [0.15, 0.2) is 0 Å². The van der Waals surface area contributed by atoms with E-state index in [4.69, 9.17) is 9.84 Å². The van der Waals surface area contributed by atoms with Crippen LogP contribution in [0.5, 0.6) is 0 Å². The van der Waals surface area contributed by atoms with Crippen LogP contribution >= 0.6 is 0 Å². The summed E-state index contributed by atoms with van der Waals surface area (Å²) in [4.78, 5) is 35.4. The summed E-state index contributed by atoms with van der Waals surface area (Å²) in [7, 11) is 2.79. The lowest BCUT2D eigenvalue weighted by molar-refractivity contribution is -0.142. The minimum absolute atomic E-state index is 0.0480. The zero-order chi connectivity index (χ0) is 16.3. The quantitative estimate of drug-likeness (QED) is 0.563. The number of carboxylic acids is 1. The van der Waals surface area contributed by atoms with Crippen LogP contribution in [-0.4, -0.2) is 68.4 Å². The molecule has 0 spiro atoms. The maximum atomic E-state index is 12.0. The number of carbonyl (C=O) groups excluding carboxylic acids is 2. The number of amides is 2. The molecule has 0 radical (unpaired) electrons. The van der Waals surface area contributed by atoms with Crippen LogP contribution in [0.1, 0.15) is 19.8 Å². The van der Waals surface area contributed by atoms with Crippen molar-refractivity contribution in [2.24, 2.45) is 5.92 Å². The van der Waals surface area contributed by atoms with Gasteiger partial charge in [-0.25, -0.2) is 4.79 Å². The van der Waals surface area contributed by atoms with Crippen LogP contribution in [0.2, 0.25) is 0 Å². The van der Waals surface area contributed by atoms with Gasteiger partial charge in [0.1, 0.15) is 0 Å². The van der Waals surface area contributed by atoms with E-state index in [0.717, 1.165) is 0 Å². The smallest absolute Gasteiger partial charge is 0.317 e. The highest BCUT2D eigenvalue weighted by molar-refractivity contribution is 5.77. The Hall–Kier alpha value is -1.83. The molecule has 21 heavy (non-hydrogen) atoms. The molecule has 0 aromatic carbocycles. The molecule has 0 aliphatic carbocycles. The average molecular weight is 304 g/mol. The first kappa shape index (κ1) is 19.2. The maximum Gasteiger partial charge on any atom is 0.317 e. The van der Waals surface area contributed by atoms with E-state index in [1.54, 1.807) is 6.92 Å². The third-order valence-corrected chi connectivity index (χ3v) is 3.01. The van der Waals surface area contributed by atoms with Crippen molar-refractivity contribution in [2.75, 3.05) is 40.5 Å². The molecule has 0 heterocycles. The summed E-state index contributed by atoms with van der Waals surface area (Å²) < 4.78 is 9.43. The first-order valence-corrected chi connectivity index (χ1v) is 6.77. The molecule has 2 amide bonds. The number of urea groups is 1. The monoisotopic (exact) mass is 304 g/mol. The van der Waals surface area contributed by atoms with Gasteiger partial charge in [-0.3, -0.25) is 9.59 Å². The number of rotatable bonds is 10. The summed E-state index contributed by atoms with van der Waals surface area (Å²) in [5.74, 6) is -1.99.